The Balaban J connectivity index is 0.000000198. The van der Waals surface area contributed by atoms with Crippen LogP contribution in [0.15, 0.2) is 73.1 Å². The van der Waals surface area contributed by atoms with Gasteiger partial charge in [-0.1, -0.05) is 47.5 Å². The van der Waals surface area contributed by atoms with Gasteiger partial charge in [0.25, 0.3) is 10.1 Å². The lowest BCUT2D eigenvalue weighted by atomic mass is 9.76. The molecule has 66 heavy (non-hydrogen) atoms. The van der Waals surface area contributed by atoms with E-state index < -0.39 is 10.1 Å². The summed E-state index contributed by atoms with van der Waals surface area (Å²) in [5.41, 5.74) is 11.2. The Kier molecular flexibility index (Phi) is 17.0. The maximum absolute atomic E-state index is 12.2. The second-order valence-electron chi connectivity index (χ2n) is 17.2. The molecule has 12 nitrogen and oxygen atoms in total. The third-order valence-electron chi connectivity index (χ3n) is 12.9. The van der Waals surface area contributed by atoms with Crippen molar-refractivity contribution in [2.45, 2.75) is 77.0 Å². The Morgan fingerprint density at radius 1 is 0.697 bits per heavy atom. The number of aliphatic hydroxyl groups excluding tert-OH is 1. The average Bonchev–Trinajstić information content (AvgIpc) is 3.53. The van der Waals surface area contributed by atoms with Gasteiger partial charge in [-0.15, -0.1) is 0 Å². The standard InChI is InChI=1S/C26H31ClN2O5S.C25H29ClN2O3/c1-3-33-26(30)29-13-10-18(11-14-29)24-22-9-8-21(27)17-23(22)19(7-5-15-34-35(2,31)32)16-20-6-4-12-28-25(20)24;1-2-31-25(30)28-12-9-17(10-13-28)23-21-8-7-20(26)16-22(21)18(6-4-14-29)15-19-5-3-11-27-24(19)23/h4,6,8-9,12,16-18,24H,3,5,7,10-11,13-15H2,1-2H3;3,5,7-8,11,15-17,23,29H,2,4,6,9-10,12-14H2,1H3. The van der Waals surface area contributed by atoms with Gasteiger partial charge in [0, 0.05) is 67.1 Å². The highest BCUT2D eigenvalue weighted by Crippen LogP contribution is 2.47. The summed E-state index contributed by atoms with van der Waals surface area (Å²) >= 11 is 12.8. The van der Waals surface area contributed by atoms with E-state index in [9.17, 15) is 23.1 Å². The van der Waals surface area contributed by atoms with E-state index in [1.807, 2.05) is 67.5 Å². The van der Waals surface area contributed by atoms with Crippen LogP contribution in [-0.4, -0.2) is 104 Å². The van der Waals surface area contributed by atoms with Crippen molar-refractivity contribution in [2.75, 3.05) is 58.9 Å². The number of nitrogens with zero attached hydrogens (tertiary/aromatic N) is 4. The zero-order valence-electron chi connectivity index (χ0n) is 38.0. The predicted octanol–water partition coefficient (Wildman–Crippen LogP) is 10.7. The zero-order chi connectivity index (χ0) is 46.8. The van der Waals surface area contributed by atoms with E-state index in [2.05, 4.69) is 36.4 Å². The molecular weight excluding hydrogens is 900 g/mol. The minimum atomic E-state index is -3.48. The molecule has 2 atom stereocenters. The van der Waals surface area contributed by atoms with Crippen LogP contribution in [0.3, 0.4) is 0 Å². The van der Waals surface area contributed by atoms with Crippen molar-refractivity contribution < 1.29 is 36.8 Å². The molecule has 2 aromatic carbocycles. The summed E-state index contributed by atoms with van der Waals surface area (Å²) in [6.07, 6.45) is 14.8. The van der Waals surface area contributed by atoms with Gasteiger partial charge >= 0.3 is 12.2 Å². The summed E-state index contributed by atoms with van der Waals surface area (Å²) < 4.78 is 38.1. The molecule has 0 spiro atoms. The lowest BCUT2D eigenvalue weighted by Gasteiger charge is -2.36. The summed E-state index contributed by atoms with van der Waals surface area (Å²) in [4.78, 5) is 37.6. The lowest BCUT2D eigenvalue weighted by Crippen LogP contribution is -2.40. The molecule has 0 radical (unpaired) electrons. The number of benzene rings is 2. The van der Waals surface area contributed by atoms with Crippen LogP contribution in [0, 0.1) is 11.8 Å². The average molecular weight is 960 g/mol. The van der Waals surface area contributed by atoms with Crippen LogP contribution in [0.25, 0.3) is 23.3 Å². The van der Waals surface area contributed by atoms with Crippen molar-refractivity contribution in [3.63, 3.8) is 0 Å². The number of carbonyl (C=O) groups excluding carboxylic acids is 2. The smallest absolute Gasteiger partial charge is 0.409 e. The molecular formula is C51H60Cl2N4O8S. The first-order valence-corrected chi connectivity index (χ1v) is 25.7. The maximum atomic E-state index is 12.2. The van der Waals surface area contributed by atoms with Gasteiger partial charge < -0.3 is 24.4 Å². The number of piperidine rings is 2. The zero-order valence-corrected chi connectivity index (χ0v) is 40.3. The number of pyridine rings is 2. The third-order valence-corrected chi connectivity index (χ3v) is 14.0. The van der Waals surface area contributed by atoms with E-state index in [-0.39, 0.29) is 37.2 Å². The van der Waals surface area contributed by atoms with Crippen LogP contribution < -0.4 is 0 Å². The van der Waals surface area contributed by atoms with E-state index in [1.165, 1.54) is 11.1 Å². The van der Waals surface area contributed by atoms with Crippen LogP contribution in [0.1, 0.15) is 122 Å². The molecule has 2 fully saturated rings. The first kappa shape index (κ1) is 49.1. The topological polar surface area (TPSA) is 148 Å². The number of ether oxygens (including phenoxy) is 2. The van der Waals surface area contributed by atoms with Crippen molar-refractivity contribution in [1.82, 2.24) is 19.8 Å². The molecule has 2 saturated heterocycles. The molecule has 15 heteroatoms. The molecule has 2 aliphatic carbocycles. The second kappa shape index (κ2) is 22.8. The molecule has 4 heterocycles. The van der Waals surface area contributed by atoms with E-state index in [0.29, 0.717) is 80.5 Å². The number of carbonyl (C=O) groups is 2. The summed E-state index contributed by atoms with van der Waals surface area (Å²) in [5.74, 6) is 0.861. The quantitative estimate of drug-likeness (QED) is 0.107. The van der Waals surface area contributed by atoms with E-state index >= 15 is 0 Å². The maximum Gasteiger partial charge on any atom is 0.409 e. The van der Waals surface area contributed by atoms with Gasteiger partial charge in [0.15, 0.2) is 0 Å². The number of aromatic nitrogens is 2. The molecule has 2 aromatic heterocycles. The highest BCUT2D eigenvalue weighted by molar-refractivity contribution is 7.85. The fourth-order valence-corrected chi connectivity index (χ4v) is 10.7. The number of amides is 2. The Morgan fingerprint density at radius 2 is 1.14 bits per heavy atom. The summed E-state index contributed by atoms with van der Waals surface area (Å²) in [5, 5.41) is 10.8. The fraction of sp³-hybridized carbons (Fsp3) is 0.451. The monoisotopic (exact) mass is 958 g/mol. The summed E-state index contributed by atoms with van der Waals surface area (Å²) in [7, 11) is -3.48. The second-order valence-corrected chi connectivity index (χ2v) is 19.7. The molecule has 0 saturated carbocycles. The number of aliphatic hydroxyl groups is 1. The van der Waals surface area contributed by atoms with Crippen LogP contribution in [0.5, 0.6) is 0 Å². The van der Waals surface area contributed by atoms with Crippen molar-refractivity contribution >= 4 is 68.8 Å². The van der Waals surface area contributed by atoms with Gasteiger partial charge in [-0.2, -0.15) is 8.42 Å². The van der Waals surface area contributed by atoms with Crippen molar-refractivity contribution in [1.29, 1.82) is 0 Å². The summed E-state index contributed by atoms with van der Waals surface area (Å²) in [6.45, 7) is 7.38. The molecule has 352 valence electrons. The molecule has 0 bridgehead atoms. The molecule has 8 rings (SSSR count). The van der Waals surface area contributed by atoms with Gasteiger partial charge in [-0.3, -0.25) is 14.2 Å². The van der Waals surface area contributed by atoms with Gasteiger partial charge in [0.1, 0.15) is 0 Å². The Bertz CT molecular complexity index is 2520. The van der Waals surface area contributed by atoms with Crippen LogP contribution >= 0.6 is 23.2 Å². The number of halogens is 2. The van der Waals surface area contributed by atoms with Crippen molar-refractivity contribution in [3.05, 3.63) is 128 Å². The first-order valence-electron chi connectivity index (χ1n) is 23.1. The van der Waals surface area contributed by atoms with Crippen LogP contribution in [-0.2, 0) is 23.8 Å². The Morgan fingerprint density at radius 3 is 1.55 bits per heavy atom. The molecule has 4 aliphatic rings. The van der Waals surface area contributed by atoms with E-state index in [1.54, 1.807) is 4.90 Å². The normalized spacial score (nSPS) is 18.5. The first-order chi connectivity index (χ1) is 31.9. The fourth-order valence-electron chi connectivity index (χ4n) is 9.98. The summed E-state index contributed by atoms with van der Waals surface area (Å²) in [6, 6.07) is 20.2. The Hall–Kier alpha value is -4.79. The molecule has 2 unspecified atom stereocenters. The lowest BCUT2D eigenvalue weighted by molar-refractivity contribution is 0.0893. The van der Waals surface area contributed by atoms with Crippen molar-refractivity contribution in [3.8, 4) is 0 Å². The van der Waals surface area contributed by atoms with Gasteiger partial charge in [0.05, 0.1) is 37.5 Å². The molecule has 1 N–H and O–H groups in total. The SMILES string of the molecule is CCOC(=O)N1CCC(C2c3ccc(Cl)cc3C(CCCO)=Cc3cccnc32)CC1.CCOC(=O)N1CCC(C2c3ccc(Cl)cc3C(CCCOS(C)(=O)=O)=Cc3cccnc32)CC1. The minimum absolute atomic E-state index is 0.0591. The molecule has 2 aliphatic heterocycles. The number of allylic oxidation sites excluding steroid dienone is 2. The number of hydrogen-bond acceptors (Lipinski definition) is 10. The van der Waals surface area contributed by atoms with Gasteiger partial charge in [-0.05, 0) is 170 Å². The highest BCUT2D eigenvalue weighted by Gasteiger charge is 2.37. The van der Waals surface area contributed by atoms with Crippen LogP contribution in [0.2, 0.25) is 10.0 Å². The molecule has 4 aromatic rings. The number of rotatable bonds is 12. The van der Waals surface area contributed by atoms with Gasteiger partial charge in [0.2, 0.25) is 0 Å². The third kappa shape index (κ3) is 12.0. The number of hydrogen-bond donors (Lipinski definition) is 1. The Labute approximate surface area is 399 Å². The highest BCUT2D eigenvalue weighted by atomic mass is 35.5. The predicted molar refractivity (Wildman–Crippen MR) is 260 cm³/mol. The number of fused-ring (bicyclic) bond motifs is 4. The number of likely N-dealkylation sites (tertiary alicyclic amines) is 2. The molecule has 2 amide bonds. The van der Waals surface area contributed by atoms with Gasteiger partial charge in [-0.25, -0.2) is 9.59 Å². The van der Waals surface area contributed by atoms with E-state index in [0.717, 1.165) is 83.1 Å². The van der Waals surface area contributed by atoms with Crippen LogP contribution in [0.4, 0.5) is 9.59 Å². The van der Waals surface area contributed by atoms with E-state index in [4.69, 9.17) is 46.8 Å². The minimum Gasteiger partial charge on any atom is -0.450 e. The largest absolute Gasteiger partial charge is 0.450 e. The van der Waals surface area contributed by atoms with Crippen molar-refractivity contribution in [2.24, 2.45) is 11.8 Å².